The Morgan fingerprint density at radius 1 is 1.00 bits per heavy atom. The van der Waals surface area contributed by atoms with Crippen LogP contribution in [0.25, 0.3) is 0 Å². The van der Waals surface area contributed by atoms with E-state index in [2.05, 4.69) is 10.2 Å². The van der Waals surface area contributed by atoms with Crippen LogP contribution in [0.5, 0.6) is 0 Å². The second-order valence-corrected chi connectivity index (χ2v) is 9.37. The van der Waals surface area contributed by atoms with Crippen LogP contribution in [-0.4, -0.2) is 45.7 Å². The predicted octanol–water partition coefficient (Wildman–Crippen LogP) is 5.80. The Morgan fingerprint density at radius 2 is 1.65 bits per heavy atom. The number of hydrogen-bond donors (Lipinski definition) is 0. The third-order valence-electron chi connectivity index (χ3n) is 6.02. The molecule has 1 atom stereocenters. The first kappa shape index (κ1) is 25.6. The second-order valence-electron chi connectivity index (χ2n) is 8.36. The molecule has 3 aromatic rings. The summed E-state index contributed by atoms with van der Waals surface area (Å²) in [7, 11) is 0. The van der Waals surface area contributed by atoms with Crippen LogP contribution in [0.4, 0.5) is 27.1 Å². The Labute approximate surface area is 215 Å². The molecule has 0 aliphatic carbocycles. The standard InChI is InChI=1S/C24H22N6O6S/c1-4-27(15(3)13-28-23(31)17-7-5-6-8-18(17)24(28)32)16-9-10-19(14(2)11-16)25-26-22-20(29(33)34)12-21(37-22)30(35)36/h5-12,15H,4,13H2,1-3H3/b26-25+. The Kier molecular flexibility index (Phi) is 7.07. The molecule has 1 aliphatic heterocycles. The van der Waals surface area contributed by atoms with Crippen LogP contribution >= 0.6 is 11.3 Å². The van der Waals surface area contributed by atoms with E-state index in [-0.39, 0.29) is 29.4 Å². The van der Waals surface area contributed by atoms with Crippen molar-refractivity contribution in [3.8, 4) is 0 Å². The Bertz CT molecular complexity index is 1420. The van der Waals surface area contributed by atoms with E-state index in [9.17, 15) is 29.8 Å². The van der Waals surface area contributed by atoms with Crippen molar-refractivity contribution in [2.45, 2.75) is 26.8 Å². The maximum Gasteiger partial charge on any atom is 0.333 e. The summed E-state index contributed by atoms with van der Waals surface area (Å²) < 4.78 is 0. The molecule has 1 aromatic heterocycles. The maximum absolute atomic E-state index is 12.8. The van der Waals surface area contributed by atoms with Crippen LogP contribution < -0.4 is 4.90 Å². The summed E-state index contributed by atoms with van der Waals surface area (Å²) in [5, 5.41) is 29.6. The zero-order valence-electron chi connectivity index (χ0n) is 20.2. The number of benzene rings is 2. The molecule has 0 fully saturated rings. The van der Waals surface area contributed by atoms with Crippen molar-refractivity contribution in [3.63, 3.8) is 0 Å². The van der Waals surface area contributed by atoms with Gasteiger partial charge < -0.3 is 4.90 Å². The molecular formula is C24H22N6O6S. The number of aryl methyl sites for hydroxylation is 1. The molecule has 0 bridgehead atoms. The van der Waals surface area contributed by atoms with E-state index in [0.717, 1.165) is 17.3 Å². The number of nitro groups is 2. The number of carbonyl (C=O) groups excluding carboxylic acids is 2. The zero-order chi connectivity index (χ0) is 26.9. The van der Waals surface area contributed by atoms with Crippen LogP contribution in [0, 0.1) is 27.2 Å². The van der Waals surface area contributed by atoms with Crippen LogP contribution in [-0.2, 0) is 0 Å². The molecule has 2 amide bonds. The molecule has 0 saturated carbocycles. The van der Waals surface area contributed by atoms with Gasteiger partial charge in [0.2, 0.25) is 5.00 Å². The topological polar surface area (TPSA) is 152 Å². The lowest BCUT2D eigenvalue weighted by atomic mass is 10.1. The Hall–Kier alpha value is -4.52. The number of hydrogen-bond acceptors (Lipinski definition) is 10. The number of amides is 2. The SMILES string of the molecule is CCN(c1ccc(/N=N/c2sc([N+](=O)[O-])cc2[N+](=O)[O-])c(C)c1)C(C)CN1C(=O)c2ccccc2C1=O. The monoisotopic (exact) mass is 522 g/mol. The first-order valence-electron chi connectivity index (χ1n) is 11.3. The fraction of sp³-hybridized carbons (Fsp3) is 0.250. The molecular weight excluding hydrogens is 500 g/mol. The summed E-state index contributed by atoms with van der Waals surface area (Å²) in [6.07, 6.45) is 0. The van der Waals surface area contributed by atoms with Gasteiger partial charge in [-0.1, -0.05) is 12.1 Å². The highest BCUT2D eigenvalue weighted by Gasteiger charge is 2.36. The molecule has 0 saturated heterocycles. The molecule has 13 heteroatoms. The predicted molar refractivity (Wildman–Crippen MR) is 137 cm³/mol. The van der Waals surface area contributed by atoms with Gasteiger partial charge in [-0.25, -0.2) is 0 Å². The highest BCUT2D eigenvalue weighted by atomic mass is 32.1. The highest BCUT2D eigenvalue weighted by Crippen LogP contribution is 2.42. The number of likely N-dealkylation sites (N-methyl/N-ethyl adjacent to an activating group) is 1. The maximum atomic E-state index is 12.8. The van der Waals surface area contributed by atoms with Crippen molar-refractivity contribution in [2.75, 3.05) is 18.0 Å². The third kappa shape index (κ3) is 4.93. The van der Waals surface area contributed by atoms with Crippen LogP contribution in [0.15, 0.2) is 58.8 Å². The number of thiophene rings is 1. The van der Waals surface area contributed by atoms with Crippen LogP contribution in [0.2, 0.25) is 0 Å². The van der Waals surface area contributed by atoms with Crippen molar-refractivity contribution in [3.05, 3.63) is 85.4 Å². The molecule has 2 aromatic carbocycles. The largest absolute Gasteiger partial charge is 0.367 e. The number of nitrogens with zero attached hydrogens (tertiary/aromatic N) is 6. The average molecular weight is 523 g/mol. The van der Waals surface area contributed by atoms with Crippen LogP contribution in [0.3, 0.4) is 0 Å². The Balaban J connectivity index is 1.52. The summed E-state index contributed by atoms with van der Waals surface area (Å²) in [5.74, 6) is -0.614. The van der Waals surface area contributed by atoms with Gasteiger partial charge in [-0.15, -0.1) is 10.2 Å². The summed E-state index contributed by atoms with van der Waals surface area (Å²) in [6, 6.07) is 12.8. The molecule has 1 aliphatic rings. The van der Waals surface area contributed by atoms with Gasteiger partial charge in [0, 0.05) is 24.8 Å². The molecule has 4 rings (SSSR count). The van der Waals surface area contributed by atoms with E-state index in [1.807, 2.05) is 24.8 Å². The molecule has 37 heavy (non-hydrogen) atoms. The molecule has 12 nitrogen and oxygen atoms in total. The van der Waals surface area contributed by atoms with Gasteiger partial charge in [-0.3, -0.25) is 34.7 Å². The van der Waals surface area contributed by atoms with E-state index in [0.29, 0.717) is 34.7 Å². The number of carbonyl (C=O) groups is 2. The molecule has 0 N–H and O–H groups in total. The summed E-state index contributed by atoms with van der Waals surface area (Å²) in [5.41, 5.74) is 2.34. The van der Waals surface area contributed by atoms with Gasteiger partial charge >= 0.3 is 10.7 Å². The molecule has 0 radical (unpaired) electrons. The molecule has 2 heterocycles. The molecule has 190 valence electrons. The average Bonchev–Trinajstić information content (AvgIpc) is 3.40. The number of imide groups is 1. The van der Waals surface area contributed by atoms with Gasteiger partial charge in [-0.05, 0) is 68.0 Å². The van der Waals surface area contributed by atoms with Crippen molar-refractivity contribution in [1.82, 2.24) is 4.90 Å². The first-order chi connectivity index (χ1) is 17.6. The van der Waals surface area contributed by atoms with Gasteiger partial charge in [0.25, 0.3) is 11.8 Å². The Morgan fingerprint density at radius 3 is 2.19 bits per heavy atom. The first-order valence-corrected chi connectivity index (χ1v) is 12.1. The second kappa shape index (κ2) is 10.2. The number of rotatable bonds is 9. The van der Waals surface area contributed by atoms with E-state index in [1.165, 1.54) is 4.90 Å². The summed E-state index contributed by atoms with van der Waals surface area (Å²) in [4.78, 5) is 49.6. The van der Waals surface area contributed by atoms with E-state index in [4.69, 9.17) is 0 Å². The highest BCUT2D eigenvalue weighted by molar-refractivity contribution is 7.19. The van der Waals surface area contributed by atoms with Crippen LogP contribution in [0.1, 0.15) is 40.1 Å². The fourth-order valence-corrected chi connectivity index (χ4v) is 4.96. The summed E-state index contributed by atoms with van der Waals surface area (Å²) in [6.45, 7) is 6.51. The fourth-order valence-electron chi connectivity index (χ4n) is 4.20. The van der Waals surface area contributed by atoms with Crippen molar-refractivity contribution >= 4 is 50.2 Å². The lowest BCUT2D eigenvalue weighted by molar-refractivity contribution is -0.389. The minimum absolute atomic E-state index is 0.162. The molecule has 1 unspecified atom stereocenters. The quantitative estimate of drug-likeness (QED) is 0.149. The minimum atomic E-state index is -0.733. The summed E-state index contributed by atoms with van der Waals surface area (Å²) >= 11 is 0.578. The minimum Gasteiger partial charge on any atom is -0.367 e. The lowest BCUT2D eigenvalue weighted by Crippen LogP contribution is -2.44. The number of anilines is 1. The lowest BCUT2D eigenvalue weighted by Gasteiger charge is -2.32. The van der Waals surface area contributed by atoms with Crippen molar-refractivity contribution in [1.29, 1.82) is 0 Å². The smallest absolute Gasteiger partial charge is 0.333 e. The number of azo groups is 1. The van der Waals surface area contributed by atoms with Gasteiger partial charge in [0.1, 0.15) is 6.07 Å². The normalized spacial score (nSPS) is 13.8. The van der Waals surface area contributed by atoms with Gasteiger partial charge in [-0.2, -0.15) is 0 Å². The van der Waals surface area contributed by atoms with Gasteiger partial charge in [0.15, 0.2) is 0 Å². The number of fused-ring (bicyclic) bond motifs is 1. The van der Waals surface area contributed by atoms with Gasteiger partial charge in [0.05, 0.1) is 26.7 Å². The van der Waals surface area contributed by atoms with Crippen molar-refractivity contribution < 1.29 is 19.4 Å². The van der Waals surface area contributed by atoms with Crippen molar-refractivity contribution in [2.24, 2.45) is 10.2 Å². The van der Waals surface area contributed by atoms with E-state index >= 15 is 0 Å². The van der Waals surface area contributed by atoms with E-state index < -0.39 is 20.5 Å². The zero-order valence-corrected chi connectivity index (χ0v) is 21.0. The molecule has 0 spiro atoms. The van der Waals surface area contributed by atoms with E-state index in [1.54, 1.807) is 43.3 Å². The third-order valence-corrected chi connectivity index (χ3v) is 6.98.